The van der Waals surface area contributed by atoms with Crippen LogP contribution in [0.4, 0.5) is 16.2 Å². The normalized spacial score (nSPS) is 12.0. The van der Waals surface area contributed by atoms with Gasteiger partial charge in [-0.2, -0.15) is 0 Å². The number of benzene rings is 1. The van der Waals surface area contributed by atoms with Gasteiger partial charge in [0.05, 0.1) is 22.2 Å². The molecule has 2 N–H and O–H groups in total. The molecule has 1 aromatic rings. The molecule has 1 aromatic carbocycles. The molecule has 0 heterocycles. The quantitative estimate of drug-likeness (QED) is 0.457. The van der Waals surface area contributed by atoms with Crippen molar-refractivity contribution in [2.24, 2.45) is 0 Å². The maximum absolute atomic E-state index is 12.0. The first-order valence-corrected chi connectivity index (χ1v) is 6.81. The summed E-state index contributed by atoms with van der Waals surface area (Å²) >= 11 is 0. The molecule has 8 nitrogen and oxygen atoms in total. The van der Waals surface area contributed by atoms with Crippen molar-refractivity contribution in [2.45, 2.75) is 32.6 Å². The SMILES string of the molecule is CC[C@@H](NC(=O)Nc1cccc([N+](=O)[O-])c1C)C(OC)OC. The molecule has 0 aliphatic heterocycles. The Morgan fingerprint density at radius 1 is 1.36 bits per heavy atom. The number of methoxy groups -OCH3 is 2. The fraction of sp³-hybridized carbons (Fsp3) is 0.500. The maximum atomic E-state index is 12.0. The number of ether oxygens (including phenoxy) is 2. The summed E-state index contributed by atoms with van der Waals surface area (Å²) in [4.78, 5) is 22.5. The van der Waals surface area contributed by atoms with Gasteiger partial charge in [0.25, 0.3) is 5.69 Å². The summed E-state index contributed by atoms with van der Waals surface area (Å²) in [5.74, 6) is 0. The van der Waals surface area contributed by atoms with Gasteiger partial charge in [-0.15, -0.1) is 0 Å². The number of nitrogens with zero attached hydrogens (tertiary/aromatic N) is 1. The highest BCUT2D eigenvalue weighted by atomic mass is 16.7. The minimum Gasteiger partial charge on any atom is -0.354 e. The van der Waals surface area contributed by atoms with E-state index in [0.717, 1.165) is 0 Å². The van der Waals surface area contributed by atoms with Crippen LogP contribution in [0.25, 0.3) is 0 Å². The van der Waals surface area contributed by atoms with Crippen molar-refractivity contribution in [3.63, 3.8) is 0 Å². The van der Waals surface area contributed by atoms with Crippen LogP contribution < -0.4 is 10.6 Å². The minimum absolute atomic E-state index is 0.0449. The van der Waals surface area contributed by atoms with E-state index in [1.165, 1.54) is 26.4 Å². The van der Waals surface area contributed by atoms with E-state index < -0.39 is 17.2 Å². The molecule has 2 amide bonds. The molecule has 0 radical (unpaired) electrons. The molecule has 0 fully saturated rings. The van der Waals surface area contributed by atoms with Crippen molar-refractivity contribution in [1.82, 2.24) is 5.32 Å². The largest absolute Gasteiger partial charge is 0.354 e. The average molecular weight is 311 g/mol. The van der Waals surface area contributed by atoms with Crippen molar-refractivity contribution in [2.75, 3.05) is 19.5 Å². The summed E-state index contributed by atoms with van der Waals surface area (Å²) in [6.45, 7) is 3.47. The Hall–Kier alpha value is -2.19. The van der Waals surface area contributed by atoms with E-state index in [1.54, 1.807) is 13.0 Å². The van der Waals surface area contributed by atoms with Crippen molar-refractivity contribution >= 4 is 17.4 Å². The second kappa shape index (κ2) is 8.30. The maximum Gasteiger partial charge on any atom is 0.319 e. The number of anilines is 1. The Bertz CT molecular complexity index is 531. The molecule has 22 heavy (non-hydrogen) atoms. The molecule has 0 bridgehead atoms. The fourth-order valence-electron chi connectivity index (χ4n) is 2.07. The van der Waals surface area contributed by atoms with Crippen LogP contribution in [0.5, 0.6) is 0 Å². The van der Waals surface area contributed by atoms with E-state index in [2.05, 4.69) is 10.6 Å². The first-order chi connectivity index (χ1) is 10.4. The highest BCUT2D eigenvalue weighted by Crippen LogP contribution is 2.24. The lowest BCUT2D eigenvalue weighted by Crippen LogP contribution is -2.46. The Morgan fingerprint density at radius 3 is 2.50 bits per heavy atom. The van der Waals surface area contributed by atoms with E-state index in [0.29, 0.717) is 17.7 Å². The number of carbonyl (C=O) groups excluding carboxylic acids is 1. The molecule has 0 saturated carbocycles. The Balaban J connectivity index is 2.81. The van der Waals surface area contributed by atoms with Gasteiger partial charge in [0.15, 0.2) is 6.29 Å². The van der Waals surface area contributed by atoms with Crippen LogP contribution in [0.2, 0.25) is 0 Å². The number of hydrogen-bond donors (Lipinski definition) is 2. The monoisotopic (exact) mass is 311 g/mol. The molecule has 8 heteroatoms. The van der Waals surface area contributed by atoms with E-state index in [1.807, 2.05) is 6.92 Å². The predicted molar refractivity (Wildman–Crippen MR) is 81.9 cm³/mol. The number of urea groups is 1. The van der Waals surface area contributed by atoms with E-state index >= 15 is 0 Å². The van der Waals surface area contributed by atoms with Crippen LogP contribution in [0.1, 0.15) is 18.9 Å². The zero-order chi connectivity index (χ0) is 16.7. The third-order valence-corrected chi connectivity index (χ3v) is 3.30. The van der Waals surface area contributed by atoms with Crippen molar-refractivity contribution in [1.29, 1.82) is 0 Å². The molecule has 0 saturated heterocycles. The molecule has 0 aromatic heterocycles. The highest BCUT2D eigenvalue weighted by Gasteiger charge is 2.22. The van der Waals surface area contributed by atoms with Gasteiger partial charge in [-0.3, -0.25) is 10.1 Å². The zero-order valence-electron chi connectivity index (χ0n) is 13.1. The van der Waals surface area contributed by atoms with Crippen molar-refractivity contribution < 1.29 is 19.2 Å². The molecular formula is C14H21N3O5. The topological polar surface area (TPSA) is 103 Å². The Labute approximate surface area is 128 Å². The number of rotatable bonds is 7. The third kappa shape index (κ3) is 4.40. The summed E-state index contributed by atoms with van der Waals surface area (Å²) in [7, 11) is 2.97. The lowest BCUT2D eigenvalue weighted by molar-refractivity contribution is -0.385. The minimum atomic E-state index is -0.568. The molecule has 0 aliphatic carbocycles. The lowest BCUT2D eigenvalue weighted by atomic mass is 10.1. The average Bonchev–Trinajstić information content (AvgIpc) is 2.49. The molecule has 0 spiro atoms. The summed E-state index contributed by atoms with van der Waals surface area (Å²) in [6.07, 6.45) is 0.0372. The first-order valence-electron chi connectivity index (χ1n) is 6.81. The molecule has 1 atom stereocenters. The third-order valence-electron chi connectivity index (χ3n) is 3.30. The van der Waals surface area contributed by atoms with Gasteiger partial charge in [0.1, 0.15) is 0 Å². The second-order valence-electron chi connectivity index (χ2n) is 4.66. The Kier molecular flexibility index (Phi) is 6.74. The number of amides is 2. The van der Waals surface area contributed by atoms with Gasteiger partial charge in [-0.1, -0.05) is 13.0 Å². The number of nitrogens with one attached hydrogen (secondary N) is 2. The van der Waals surface area contributed by atoms with E-state index in [4.69, 9.17) is 9.47 Å². The molecule has 0 unspecified atom stereocenters. The van der Waals surface area contributed by atoms with Gasteiger partial charge in [-0.05, 0) is 19.4 Å². The van der Waals surface area contributed by atoms with Crippen LogP contribution in [0.3, 0.4) is 0 Å². The molecular weight excluding hydrogens is 290 g/mol. The lowest BCUT2D eigenvalue weighted by Gasteiger charge is -2.24. The summed E-state index contributed by atoms with van der Waals surface area (Å²) in [5, 5.41) is 16.2. The predicted octanol–water partition coefficient (Wildman–Crippen LogP) is 2.42. The summed E-state index contributed by atoms with van der Waals surface area (Å²) < 4.78 is 10.2. The number of nitro benzene ring substituents is 1. The fourth-order valence-corrected chi connectivity index (χ4v) is 2.07. The van der Waals surface area contributed by atoms with Crippen LogP contribution in [-0.2, 0) is 9.47 Å². The number of nitro groups is 1. The van der Waals surface area contributed by atoms with Crippen LogP contribution in [0.15, 0.2) is 18.2 Å². The van der Waals surface area contributed by atoms with Crippen LogP contribution in [0, 0.1) is 17.0 Å². The van der Waals surface area contributed by atoms with Gasteiger partial charge in [0, 0.05) is 20.3 Å². The second-order valence-corrected chi connectivity index (χ2v) is 4.66. The molecule has 122 valence electrons. The van der Waals surface area contributed by atoms with E-state index in [-0.39, 0.29) is 11.7 Å². The standard InChI is InChI=1S/C14H21N3O5/c1-5-10(13(21-3)22-4)15-14(18)16-11-7-6-8-12(9(11)2)17(19)20/h6-8,10,13H,5H2,1-4H3,(H2,15,16,18)/t10-/m1/s1. The summed E-state index contributed by atoms with van der Waals surface area (Å²) in [6, 6.07) is 3.70. The van der Waals surface area contributed by atoms with Crippen LogP contribution >= 0.6 is 0 Å². The van der Waals surface area contributed by atoms with Gasteiger partial charge < -0.3 is 20.1 Å². The first kappa shape index (κ1) is 17.9. The van der Waals surface area contributed by atoms with Crippen LogP contribution in [-0.4, -0.2) is 37.5 Å². The van der Waals surface area contributed by atoms with Gasteiger partial charge in [-0.25, -0.2) is 4.79 Å². The smallest absolute Gasteiger partial charge is 0.319 e. The zero-order valence-corrected chi connectivity index (χ0v) is 13.1. The van der Waals surface area contributed by atoms with Gasteiger partial charge >= 0.3 is 6.03 Å². The van der Waals surface area contributed by atoms with E-state index in [9.17, 15) is 14.9 Å². The molecule has 0 aliphatic rings. The number of carbonyl (C=O) groups is 1. The Morgan fingerprint density at radius 2 is 2.00 bits per heavy atom. The molecule has 1 rings (SSSR count). The number of hydrogen-bond acceptors (Lipinski definition) is 5. The summed E-state index contributed by atoms with van der Waals surface area (Å²) in [5.41, 5.74) is 0.732. The highest BCUT2D eigenvalue weighted by molar-refractivity contribution is 5.90. The van der Waals surface area contributed by atoms with Gasteiger partial charge in [0.2, 0.25) is 0 Å². The van der Waals surface area contributed by atoms with Crippen molar-refractivity contribution in [3.8, 4) is 0 Å². The van der Waals surface area contributed by atoms with Crippen molar-refractivity contribution in [3.05, 3.63) is 33.9 Å².